The predicted molar refractivity (Wildman–Crippen MR) is 120 cm³/mol. The minimum absolute atomic E-state index is 0.156. The summed E-state index contributed by atoms with van der Waals surface area (Å²) in [6.07, 6.45) is 0. The van der Waals surface area contributed by atoms with Crippen molar-refractivity contribution in [3.8, 4) is 0 Å². The van der Waals surface area contributed by atoms with Gasteiger partial charge in [-0.05, 0) is 50.6 Å². The summed E-state index contributed by atoms with van der Waals surface area (Å²) in [5.74, 6) is 0.156. The molecule has 4 heteroatoms. The fraction of sp³-hybridized carbons (Fsp3) is 0.480. The number of rotatable bonds is 7. The van der Waals surface area contributed by atoms with E-state index in [9.17, 15) is 4.79 Å². The lowest BCUT2D eigenvalue weighted by atomic mass is 10.1. The Labute approximate surface area is 176 Å². The van der Waals surface area contributed by atoms with E-state index in [1.165, 1.54) is 16.7 Å². The van der Waals surface area contributed by atoms with Crippen LogP contribution in [-0.4, -0.2) is 59.4 Å². The summed E-state index contributed by atoms with van der Waals surface area (Å²) in [4.78, 5) is 19.8. The number of piperazine rings is 1. The van der Waals surface area contributed by atoms with E-state index in [0.29, 0.717) is 6.04 Å². The Morgan fingerprint density at radius 2 is 1.69 bits per heavy atom. The standard InChI is InChI=1S/C25H35N3O/c1-5-27(20(2)3)19-22-9-11-24(12-10-22)25(29)28-15-13-26(14-16-28)18-23-8-6-7-21(4)17-23/h6-12,17,20H,5,13-16,18-19H2,1-4H3. The largest absolute Gasteiger partial charge is 0.336 e. The quantitative estimate of drug-likeness (QED) is 0.706. The number of carbonyl (C=O) groups excluding carboxylic acids is 1. The zero-order chi connectivity index (χ0) is 20.8. The molecule has 3 rings (SSSR count). The second-order valence-electron chi connectivity index (χ2n) is 8.41. The number of benzene rings is 2. The van der Waals surface area contributed by atoms with Gasteiger partial charge in [-0.25, -0.2) is 0 Å². The zero-order valence-corrected chi connectivity index (χ0v) is 18.4. The van der Waals surface area contributed by atoms with Gasteiger partial charge in [0, 0.05) is 50.9 Å². The average Bonchev–Trinajstić information content (AvgIpc) is 2.72. The third-order valence-corrected chi connectivity index (χ3v) is 5.87. The van der Waals surface area contributed by atoms with Crippen LogP contribution in [0.2, 0.25) is 0 Å². The van der Waals surface area contributed by atoms with Crippen LogP contribution in [0.25, 0.3) is 0 Å². The third-order valence-electron chi connectivity index (χ3n) is 5.87. The fourth-order valence-corrected chi connectivity index (χ4v) is 4.01. The smallest absolute Gasteiger partial charge is 0.253 e. The summed E-state index contributed by atoms with van der Waals surface area (Å²) < 4.78 is 0. The van der Waals surface area contributed by atoms with Crippen LogP contribution in [0, 0.1) is 6.92 Å². The molecule has 0 atom stereocenters. The monoisotopic (exact) mass is 393 g/mol. The first-order chi connectivity index (χ1) is 14.0. The normalized spacial score (nSPS) is 15.3. The van der Waals surface area contributed by atoms with Crippen LogP contribution in [0.4, 0.5) is 0 Å². The van der Waals surface area contributed by atoms with Gasteiger partial charge in [-0.15, -0.1) is 0 Å². The SMILES string of the molecule is CCN(Cc1ccc(C(=O)N2CCN(Cc3cccc(C)c3)CC2)cc1)C(C)C. The van der Waals surface area contributed by atoms with E-state index in [-0.39, 0.29) is 5.91 Å². The lowest BCUT2D eigenvalue weighted by Gasteiger charge is -2.35. The van der Waals surface area contributed by atoms with Gasteiger partial charge in [0.2, 0.25) is 0 Å². The molecule has 0 aliphatic carbocycles. The van der Waals surface area contributed by atoms with E-state index in [2.05, 4.69) is 73.9 Å². The molecule has 1 saturated heterocycles. The minimum atomic E-state index is 0.156. The lowest BCUT2D eigenvalue weighted by Crippen LogP contribution is -2.48. The molecule has 0 unspecified atom stereocenters. The summed E-state index contributed by atoms with van der Waals surface area (Å²) in [6.45, 7) is 15.1. The first kappa shape index (κ1) is 21.5. The molecule has 1 heterocycles. The molecular formula is C25H35N3O. The highest BCUT2D eigenvalue weighted by molar-refractivity contribution is 5.94. The number of aryl methyl sites for hydroxylation is 1. The van der Waals surface area contributed by atoms with Gasteiger partial charge in [0.25, 0.3) is 5.91 Å². The maximum Gasteiger partial charge on any atom is 0.253 e. The molecule has 0 bridgehead atoms. The van der Waals surface area contributed by atoms with Crippen molar-refractivity contribution in [2.45, 2.75) is 46.8 Å². The molecule has 1 aliphatic heterocycles. The Hall–Kier alpha value is -2.17. The molecule has 0 N–H and O–H groups in total. The van der Waals surface area contributed by atoms with E-state index < -0.39 is 0 Å². The van der Waals surface area contributed by atoms with E-state index in [1.54, 1.807) is 0 Å². The summed E-state index contributed by atoms with van der Waals surface area (Å²) >= 11 is 0. The second kappa shape index (κ2) is 10.0. The van der Waals surface area contributed by atoms with Crippen LogP contribution in [-0.2, 0) is 13.1 Å². The minimum Gasteiger partial charge on any atom is -0.336 e. The number of amides is 1. The highest BCUT2D eigenvalue weighted by atomic mass is 16.2. The Balaban J connectivity index is 1.52. The Kier molecular flexibility index (Phi) is 7.45. The molecule has 2 aromatic carbocycles. The van der Waals surface area contributed by atoms with Crippen molar-refractivity contribution in [3.63, 3.8) is 0 Å². The van der Waals surface area contributed by atoms with Gasteiger partial charge >= 0.3 is 0 Å². The van der Waals surface area contributed by atoms with Gasteiger partial charge in [-0.2, -0.15) is 0 Å². The third kappa shape index (κ3) is 5.91. The predicted octanol–water partition coefficient (Wildman–Crippen LogP) is 4.18. The van der Waals surface area contributed by atoms with Crippen LogP contribution >= 0.6 is 0 Å². The van der Waals surface area contributed by atoms with Gasteiger partial charge in [-0.3, -0.25) is 14.6 Å². The number of hydrogen-bond donors (Lipinski definition) is 0. The van der Waals surface area contributed by atoms with E-state index in [1.807, 2.05) is 17.0 Å². The van der Waals surface area contributed by atoms with E-state index >= 15 is 0 Å². The second-order valence-corrected chi connectivity index (χ2v) is 8.41. The molecule has 29 heavy (non-hydrogen) atoms. The van der Waals surface area contributed by atoms with Crippen LogP contribution in [0.1, 0.15) is 47.8 Å². The number of hydrogen-bond acceptors (Lipinski definition) is 3. The van der Waals surface area contributed by atoms with Crippen molar-refractivity contribution in [1.29, 1.82) is 0 Å². The topological polar surface area (TPSA) is 26.8 Å². The first-order valence-electron chi connectivity index (χ1n) is 10.9. The highest BCUT2D eigenvalue weighted by Gasteiger charge is 2.22. The van der Waals surface area contributed by atoms with Crippen molar-refractivity contribution in [2.24, 2.45) is 0 Å². The van der Waals surface area contributed by atoms with Crippen molar-refractivity contribution in [3.05, 3.63) is 70.8 Å². The molecule has 0 saturated carbocycles. The van der Waals surface area contributed by atoms with Crippen LogP contribution in [0.15, 0.2) is 48.5 Å². The molecule has 156 valence electrons. The van der Waals surface area contributed by atoms with Crippen molar-refractivity contribution in [2.75, 3.05) is 32.7 Å². The Morgan fingerprint density at radius 1 is 1.00 bits per heavy atom. The molecule has 0 spiro atoms. The lowest BCUT2D eigenvalue weighted by molar-refractivity contribution is 0.0628. The van der Waals surface area contributed by atoms with Gasteiger partial charge < -0.3 is 4.90 Å². The zero-order valence-electron chi connectivity index (χ0n) is 18.4. The van der Waals surface area contributed by atoms with Crippen LogP contribution < -0.4 is 0 Å². The van der Waals surface area contributed by atoms with Crippen LogP contribution in [0.5, 0.6) is 0 Å². The molecule has 4 nitrogen and oxygen atoms in total. The van der Waals surface area contributed by atoms with Gasteiger partial charge in [0.1, 0.15) is 0 Å². The van der Waals surface area contributed by atoms with E-state index in [0.717, 1.165) is 51.4 Å². The average molecular weight is 394 g/mol. The Bertz CT molecular complexity index is 792. The highest BCUT2D eigenvalue weighted by Crippen LogP contribution is 2.15. The summed E-state index contributed by atoms with van der Waals surface area (Å²) in [5, 5.41) is 0. The van der Waals surface area contributed by atoms with Crippen LogP contribution in [0.3, 0.4) is 0 Å². The van der Waals surface area contributed by atoms with Gasteiger partial charge in [-0.1, -0.05) is 48.9 Å². The first-order valence-corrected chi connectivity index (χ1v) is 10.9. The van der Waals surface area contributed by atoms with Gasteiger partial charge in [0.05, 0.1) is 0 Å². The molecular weight excluding hydrogens is 358 g/mol. The summed E-state index contributed by atoms with van der Waals surface area (Å²) in [6, 6.07) is 17.4. The summed E-state index contributed by atoms with van der Waals surface area (Å²) in [5.41, 5.74) is 4.71. The number of nitrogens with zero attached hydrogens (tertiary/aromatic N) is 3. The molecule has 2 aromatic rings. The van der Waals surface area contributed by atoms with Gasteiger partial charge in [0.15, 0.2) is 0 Å². The van der Waals surface area contributed by atoms with Crippen molar-refractivity contribution < 1.29 is 4.79 Å². The molecule has 1 aliphatic rings. The molecule has 1 amide bonds. The number of carbonyl (C=O) groups is 1. The van der Waals surface area contributed by atoms with E-state index in [4.69, 9.17) is 0 Å². The Morgan fingerprint density at radius 3 is 2.28 bits per heavy atom. The molecule has 1 fully saturated rings. The van der Waals surface area contributed by atoms with Crippen molar-refractivity contribution in [1.82, 2.24) is 14.7 Å². The molecule has 0 radical (unpaired) electrons. The van der Waals surface area contributed by atoms with Crippen molar-refractivity contribution >= 4 is 5.91 Å². The fourth-order valence-electron chi connectivity index (χ4n) is 4.01. The molecule has 0 aromatic heterocycles. The maximum atomic E-state index is 12.9. The summed E-state index contributed by atoms with van der Waals surface area (Å²) in [7, 11) is 0. The maximum absolute atomic E-state index is 12.9.